The maximum Gasteiger partial charge on any atom is 0.240 e. The van der Waals surface area contributed by atoms with E-state index in [1.165, 1.54) is 0 Å². The number of carbonyl (C=O) groups is 2. The molecule has 2 aromatic carbocycles. The van der Waals surface area contributed by atoms with E-state index in [4.69, 9.17) is 0 Å². The van der Waals surface area contributed by atoms with Gasteiger partial charge in [-0.15, -0.1) is 0 Å². The first-order chi connectivity index (χ1) is 13.0. The highest BCUT2D eigenvalue weighted by Crippen LogP contribution is 2.06. The number of hydrogen-bond donors (Lipinski definition) is 2. The van der Waals surface area contributed by atoms with Gasteiger partial charge in [-0.3, -0.25) is 9.59 Å². The van der Waals surface area contributed by atoms with Crippen LogP contribution in [0.1, 0.15) is 30.4 Å². The first kappa shape index (κ1) is 21.5. The molecule has 0 spiro atoms. The van der Waals surface area contributed by atoms with Gasteiger partial charge in [-0.25, -0.2) is 10.9 Å². The highest BCUT2D eigenvalue weighted by molar-refractivity contribution is 14.1. The van der Waals surface area contributed by atoms with Crippen molar-refractivity contribution in [2.45, 2.75) is 19.3 Å². The summed E-state index contributed by atoms with van der Waals surface area (Å²) >= 11 is 4.42. The Morgan fingerprint density at radius 3 is 1.67 bits per heavy atom. The minimum Gasteiger partial charge on any atom is -0.273 e. The average Bonchev–Trinajstić information content (AvgIpc) is 2.62. The Bertz CT molecular complexity index is 784. The van der Waals surface area contributed by atoms with Gasteiger partial charge >= 0.3 is 0 Å². The van der Waals surface area contributed by atoms with E-state index in [0.29, 0.717) is 6.42 Å². The third-order valence-electron chi connectivity index (χ3n) is 3.31. The quantitative estimate of drug-likeness (QED) is 0.281. The lowest BCUT2D eigenvalue weighted by Crippen LogP contribution is -2.20. The molecule has 0 aliphatic heterocycles. The van der Waals surface area contributed by atoms with Crippen LogP contribution in [0.4, 0.5) is 0 Å². The Labute approximate surface area is 185 Å². The fourth-order valence-electron chi connectivity index (χ4n) is 2.05. The van der Waals surface area contributed by atoms with E-state index in [2.05, 4.69) is 66.2 Å². The van der Waals surface area contributed by atoms with E-state index in [1.807, 2.05) is 48.5 Å². The molecular formula is C19H18I2N4O2. The standard InChI is InChI=1S/C19H18I2N4O2/c20-16-6-1-4-14(10-16)12-22-24-18(26)8-3-9-19(27)25-23-13-15-5-2-7-17(21)11-15/h1-2,4-7,10-13H,3,8-9H2,(H,24,26)(H,25,27)/b22-12+,23-13?. The Balaban J connectivity index is 1.63. The van der Waals surface area contributed by atoms with Crippen LogP contribution in [0.3, 0.4) is 0 Å². The van der Waals surface area contributed by atoms with Gasteiger partial charge in [0.1, 0.15) is 0 Å². The number of nitrogens with zero attached hydrogens (tertiary/aromatic N) is 2. The van der Waals surface area contributed by atoms with Crippen LogP contribution < -0.4 is 10.9 Å². The van der Waals surface area contributed by atoms with Crippen LogP contribution in [0.2, 0.25) is 0 Å². The number of carbonyl (C=O) groups excluding carboxylic acids is 2. The highest BCUT2D eigenvalue weighted by Gasteiger charge is 2.04. The largest absolute Gasteiger partial charge is 0.273 e. The Kier molecular flexibility index (Phi) is 9.39. The fourth-order valence-corrected chi connectivity index (χ4v) is 3.19. The zero-order valence-electron chi connectivity index (χ0n) is 14.4. The molecule has 0 aliphatic carbocycles. The molecule has 140 valence electrons. The predicted octanol–water partition coefficient (Wildman–Crippen LogP) is 3.67. The van der Waals surface area contributed by atoms with Crippen LogP contribution in [0.5, 0.6) is 0 Å². The summed E-state index contributed by atoms with van der Waals surface area (Å²) in [6, 6.07) is 15.5. The number of benzene rings is 2. The molecule has 2 aromatic rings. The van der Waals surface area contributed by atoms with E-state index >= 15 is 0 Å². The van der Waals surface area contributed by atoms with Crippen molar-refractivity contribution in [3.8, 4) is 0 Å². The molecule has 0 unspecified atom stereocenters. The van der Waals surface area contributed by atoms with Gasteiger partial charge in [0.15, 0.2) is 0 Å². The van der Waals surface area contributed by atoms with Crippen LogP contribution in [0, 0.1) is 7.14 Å². The van der Waals surface area contributed by atoms with Gasteiger partial charge in [0.05, 0.1) is 12.4 Å². The van der Waals surface area contributed by atoms with E-state index in [-0.39, 0.29) is 24.7 Å². The summed E-state index contributed by atoms with van der Waals surface area (Å²) in [7, 11) is 0. The highest BCUT2D eigenvalue weighted by atomic mass is 127. The molecule has 27 heavy (non-hydrogen) atoms. The van der Waals surface area contributed by atoms with Crippen molar-refractivity contribution >= 4 is 69.4 Å². The molecule has 8 heteroatoms. The van der Waals surface area contributed by atoms with E-state index in [0.717, 1.165) is 18.3 Å². The van der Waals surface area contributed by atoms with Gasteiger partial charge in [0.2, 0.25) is 11.8 Å². The second-order valence-electron chi connectivity index (χ2n) is 5.55. The number of hydrazone groups is 2. The monoisotopic (exact) mass is 588 g/mol. The van der Waals surface area contributed by atoms with Crippen molar-refractivity contribution in [2.24, 2.45) is 10.2 Å². The van der Waals surface area contributed by atoms with E-state index in [9.17, 15) is 9.59 Å². The van der Waals surface area contributed by atoms with E-state index < -0.39 is 0 Å². The van der Waals surface area contributed by atoms with Crippen molar-refractivity contribution in [3.63, 3.8) is 0 Å². The molecule has 2 rings (SSSR count). The summed E-state index contributed by atoms with van der Waals surface area (Å²) in [4.78, 5) is 23.4. The van der Waals surface area contributed by atoms with Gasteiger partial charge in [-0.2, -0.15) is 10.2 Å². The molecule has 0 heterocycles. The van der Waals surface area contributed by atoms with Gasteiger partial charge in [0.25, 0.3) is 0 Å². The number of hydrogen-bond acceptors (Lipinski definition) is 4. The number of nitrogens with one attached hydrogen (secondary N) is 2. The van der Waals surface area contributed by atoms with Crippen molar-refractivity contribution < 1.29 is 9.59 Å². The summed E-state index contributed by atoms with van der Waals surface area (Å²) in [5, 5.41) is 7.84. The second kappa shape index (κ2) is 11.8. The lowest BCUT2D eigenvalue weighted by molar-refractivity contribution is -0.122. The maximum atomic E-state index is 11.7. The molecule has 0 aliphatic rings. The summed E-state index contributed by atoms with van der Waals surface area (Å²) in [6.07, 6.45) is 4.04. The van der Waals surface area contributed by atoms with Crippen LogP contribution in [-0.2, 0) is 9.59 Å². The normalized spacial score (nSPS) is 11.0. The second-order valence-corrected chi connectivity index (χ2v) is 8.04. The van der Waals surface area contributed by atoms with Crippen molar-refractivity contribution in [3.05, 3.63) is 66.8 Å². The molecule has 0 saturated heterocycles. The van der Waals surface area contributed by atoms with Crippen molar-refractivity contribution in [1.29, 1.82) is 0 Å². The van der Waals surface area contributed by atoms with Crippen LogP contribution in [-0.4, -0.2) is 24.2 Å². The third-order valence-corrected chi connectivity index (χ3v) is 4.65. The molecule has 0 radical (unpaired) electrons. The van der Waals surface area contributed by atoms with Gasteiger partial charge in [-0.1, -0.05) is 24.3 Å². The predicted molar refractivity (Wildman–Crippen MR) is 124 cm³/mol. The molecular weight excluding hydrogens is 570 g/mol. The first-order valence-corrected chi connectivity index (χ1v) is 10.3. The molecule has 0 fully saturated rings. The molecule has 0 bridgehead atoms. The SMILES string of the molecule is O=C(CCCC(=O)N/N=C/c1cccc(I)c1)NN=Cc1cccc(I)c1. The summed E-state index contributed by atoms with van der Waals surface area (Å²) in [5.74, 6) is -0.459. The summed E-state index contributed by atoms with van der Waals surface area (Å²) in [5.41, 5.74) is 6.74. The molecule has 6 nitrogen and oxygen atoms in total. The molecule has 0 aromatic heterocycles. The molecule has 2 N–H and O–H groups in total. The van der Waals surface area contributed by atoms with Gasteiger partial charge in [-0.05, 0) is 87.0 Å². The topological polar surface area (TPSA) is 82.9 Å². The Morgan fingerprint density at radius 1 is 0.815 bits per heavy atom. The summed E-state index contributed by atoms with van der Waals surface area (Å²) < 4.78 is 2.19. The maximum absolute atomic E-state index is 11.7. The smallest absolute Gasteiger partial charge is 0.240 e. The lowest BCUT2D eigenvalue weighted by Gasteiger charge is -2.01. The first-order valence-electron chi connectivity index (χ1n) is 8.18. The zero-order valence-corrected chi connectivity index (χ0v) is 18.7. The lowest BCUT2D eigenvalue weighted by atomic mass is 10.2. The molecule has 2 amide bonds. The van der Waals surface area contributed by atoms with Crippen LogP contribution >= 0.6 is 45.2 Å². The Morgan fingerprint density at radius 2 is 1.26 bits per heavy atom. The minimum absolute atomic E-state index is 0.220. The third kappa shape index (κ3) is 9.09. The van der Waals surface area contributed by atoms with Crippen LogP contribution in [0.15, 0.2) is 58.7 Å². The van der Waals surface area contributed by atoms with Gasteiger partial charge in [0, 0.05) is 20.0 Å². The number of amides is 2. The molecule has 0 atom stereocenters. The summed E-state index contributed by atoms with van der Waals surface area (Å²) in [6.45, 7) is 0. The van der Waals surface area contributed by atoms with Crippen LogP contribution in [0.25, 0.3) is 0 Å². The van der Waals surface area contributed by atoms with Crippen molar-refractivity contribution in [2.75, 3.05) is 0 Å². The minimum atomic E-state index is -0.230. The van der Waals surface area contributed by atoms with Gasteiger partial charge < -0.3 is 0 Å². The zero-order chi connectivity index (χ0) is 19.5. The molecule has 0 saturated carbocycles. The number of rotatable bonds is 8. The average molecular weight is 588 g/mol. The number of halogens is 2. The fraction of sp³-hybridized carbons (Fsp3) is 0.158. The Hall–Kier alpha value is -1.82. The van der Waals surface area contributed by atoms with Crippen molar-refractivity contribution in [1.82, 2.24) is 10.9 Å². The van der Waals surface area contributed by atoms with E-state index in [1.54, 1.807) is 12.4 Å².